The quantitative estimate of drug-likeness (QED) is 0.413. The van der Waals surface area contributed by atoms with Gasteiger partial charge in [-0.05, 0) is 42.0 Å². The molecule has 0 aliphatic carbocycles. The first-order valence-corrected chi connectivity index (χ1v) is 10.7. The highest BCUT2D eigenvalue weighted by Crippen LogP contribution is 2.19. The van der Waals surface area contributed by atoms with Gasteiger partial charge in [0.05, 0.1) is 31.1 Å². The molecule has 0 saturated carbocycles. The first kappa shape index (κ1) is 21.4. The van der Waals surface area contributed by atoms with E-state index < -0.39 is 0 Å². The van der Waals surface area contributed by atoms with Crippen LogP contribution in [0.15, 0.2) is 78.9 Å². The molecule has 0 spiro atoms. The zero-order valence-corrected chi connectivity index (χ0v) is 18.2. The molecule has 164 valence electrons. The molecular formula is C26H27N3O3. The number of carbonyl (C=O) groups excluding carboxylic acids is 1. The molecule has 1 amide bonds. The van der Waals surface area contributed by atoms with E-state index in [0.717, 1.165) is 33.9 Å². The van der Waals surface area contributed by atoms with Crippen LogP contribution in [0.4, 0.5) is 0 Å². The Morgan fingerprint density at radius 2 is 1.66 bits per heavy atom. The van der Waals surface area contributed by atoms with E-state index in [-0.39, 0.29) is 5.91 Å². The Balaban J connectivity index is 1.36. The number of benzene rings is 3. The topological polar surface area (TPSA) is 65.4 Å². The first-order chi connectivity index (χ1) is 15.7. The van der Waals surface area contributed by atoms with E-state index in [1.165, 1.54) is 0 Å². The van der Waals surface area contributed by atoms with E-state index in [2.05, 4.69) is 16.0 Å². The summed E-state index contributed by atoms with van der Waals surface area (Å²) in [7, 11) is 1.64. The van der Waals surface area contributed by atoms with Crippen molar-refractivity contribution >= 4 is 16.9 Å². The van der Waals surface area contributed by atoms with E-state index >= 15 is 0 Å². The minimum absolute atomic E-state index is 0.0155. The summed E-state index contributed by atoms with van der Waals surface area (Å²) in [5.74, 6) is 2.55. The highest BCUT2D eigenvalue weighted by molar-refractivity contribution is 5.78. The van der Waals surface area contributed by atoms with Gasteiger partial charge in [-0.3, -0.25) is 4.79 Å². The number of rotatable bonds is 10. The lowest BCUT2D eigenvalue weighted by molar-refractivity contribution is -0.120. The van der Waals surface area contributed by atoms with Crippen molar-refractivity contribution in [3.63, 3.8) is 0 Å². The van der Waals surface area contributed by atoms with Crippen molar-refractivity contribution in [1.29, 1.82) is 0 Å². The van der Waals surface area contributed by atoms with Crippen molar-refractivity contribution in [3.8, 4) is 11.5 Å². The molecule has 4 aromatic rings. The predicted molar refractivity (Wildman–Crippen MR) is 125 cm³/mol. The van der Waals surface area contributed by atoms with E-state index in [1.807, 2.05) is 72.8 Å². The van der Waals surface area contributed by atoms with E-state index in [0.29, 0.717) is 32.5 Å². The molecule has 32 heavy (non-hydrogen) atoms. The van der Waals surface area contributed by atoms with Crippen molar-refractivity contribution < 1.29 is 14.3 Å². The molecule has 0 radical (unpaired) electrons. The van der Waals surface area contributed by atoms with Crippen molar-refractivity contribution in [1.82, 2.24) is 14.9 Å². The van der Waals surface area contributed by atoms with Crippen molar-refractivity contribution in [3.05, 3.63) is 90.3 Å². The third kappa shape index (κ3) is 5.46. The van der Waals surface area contributed by atoms with Crippen LogP contribution in [0.5, 0.6) is 11.5 Å². The van der Waals surface area contributed by atoms with E-state index in [9.17, 15) is 4.79 Å². The molecule has 0 aliphatic rings. The first-order valence-electron chi connectivity index (χ1n) is 10.7. The summed E-state index contributed by atoms with van der Waals surface area (Å²) in [5, 5.41) is 3.01. The Labute approximate surface area is 187 Å². The number of hydrogen-bond donors (Lipinski definition) is 1. The molecule has 4 rings (SSSR count). The number of amides is 1. The minimum Gasteiger partial charge on any atom is -0.497 e. The molecule has 0 bridgehead atoms. The Kier molecular flexibility index (Phi) is 7.02. The number of imidazole rings is 1. The maximum Gasteiger partial charge on any atom is 0.224 e. The normalized spacial score (nSPS) is 10.8. The van der Waals surface area contributed by atoms with Crippen LogP contribution in [-0.4, -0.2) is 35.7 Å². The van der Waals surface area contributed by atoms with Crippen LogP contribution >= 0.6 is 0 Å². The maximum atomic E-state index is 12.3. The van der Waals surface area contributed by atoms with Gasteiger partial charge in [-0.15, -0.1) is 0 Å². The molecule has 3 aromatic carbocycles. The molecule has 0 atom stereocenters. The highest BCUT2D eigenvalue weighted by Gasteiger charge is 2.11. The second-order valence-corrected chi connectivity index (χ2v) is 7.45. The van der Waals surface area contributed by atoms with E-state index in [1.54, 1.807) is 7.11 Å². The van der Waals surface area contributed by atoms with Gasteiger partial charge in [-0.1, -0.05) is 42.5 Å². The number of ether oxygens (including phenoxy) is 2. The Morgan fingerprint density at radius 3 is 2.44 bits per heavy atom. The summed E-state index contributed by atoms with van der Waals surface area (Å²) in [6, 6.07) is 25.4. The highest BCUT2D eigenvalue weighted by atomic mass is 16.5. The second kappa shape index (κ2) is 10.5. The molecule has 1 aromatic heterocycles. The molecule has 0 aliphatic heterocycles. The molecule has 1 N–H and O–H groups in total. The van der Waals surface area contributed by atoms with Crippen LogP contribution in [0.25, 0.3) is 11.0 Å². The van der Waals surface area contributed by atoms with Crippen molar-refractivity contribution in [2.45, 2.75) is 19.4 Å². The van der Waals surface area contributed by atoms with Gasteiger partial charge in [-0.25, -0.2) is 4.98 Å². The number of nitrogens with zero attached hydrogens (tertiary/aromatic N) is 2. The summed E-state index contributed by atoms with van der Waals surface area (Å²) < 4.78 is 13.3. The Hall–Kier alpha value is -3.80. The van der Waals surface area contributed by atoms with Crippen LogP contribution in [0.2, 0.25) is 0 Å². The molecule has 0 saturated heterocycles. The Bertz CT molecular complexity index is 1150. The van der Waals surface area contributed by atoms with Crippen LogP contribution < -0.4 is 14.8 Å². The van der Waals surface area contributed by atoms with Crippen LogP contribution in [0, 0.1) is 0 Å². The van der Waals surface area contributed by atoms with Gasteiger partial charge in [0.1, 0.15) is 23.9 Å². The molecule has 0 fully saturated rings. The van der Waals surface area contributed by atoms with Crippen molar-refractivity contribution in [2.75, 3.05) is 20.3 Å². The van der Waals surface area contributed by atoms with Gasteiger partial charge < -0.3 is 19.4 Å². The van der Waals surface area contributed by atoms with Gasteiger partial charge in [0.15, 0.2) is 0 Å². The molecule has 6 heteroatoms. The zero-order valence-electron chi connectivity index (χ0n) is 18.2. The summed E-state index contributed by atoms with van der Waals surface area (Å²) in [4.78, 5) is 17.0. The smallest absolute Gasteiger partial charge is 0.224 e. The lowest BCUT2D eigenvalue weighted by atomic mass is 10.1. The van der Waals surface area contributed by atoms with Crippen molar-refractivity contribution in [2.24, 2.45) is 0 Å². The average Bonchev–Trinajstić information content (AvgIpc) is 3.17. The summed E-state index contributed by atoms with van der Waals surface area (Å²) in [5.41, 5.74) is 3.02. The third-order valence-electron chi connectivity index (χ3n) is 5.25. The van der Waals surface area contributed by atoms with Crippen LogP contribution in [0.1, 0.15) is 11.4 Å². The SMILES string of the molecule is COc1ccc(OCCn2c(CCNC(=O)Cc3ccccc3)nc3ccccc32)cc1. The maximum absolute atomic E-state index is 12.3. The predicted octanol–water partition coefficient (Wildman–Crippen LogP) is 4.03. The molecule has 1 heterocycles. The number of carbonyl (C=O) groups is 1. The number of fused-ring (bicyclic) bond motifs is 1. The summed E-state index contributed by atoms with van der Waals surface area (Å²) >= 11 is 0. The zero-order chi connectivity index (χ0) is 22.2. The standard InChI is InChI=1S/C26H27N3O3/c1-31-21-11-13-22(14-12-21)32-18-17-29-24-10-6-5-9-23(24)28-25(29)15-16-27-26(30)19-20-7-3-2-4-8-20/h2-14H,15-19H2,1H3,(H,27,30). The lowest BCUT2D eigenvalue weighted by Gasteiger charge is -2.12. The Morgan fingerprint density at radius 1 is 0.938 bits per heavy atom. The summed E-state index contributed by atoms with van der Waals surface area (Å²) in [6.07, 6.45) is 1.03. The lowest BCUT2D eigenvalue weighted by Crippen LogP contribution is -2.28. The number of nitrogens with one attached hydrogen (secondary N) is 1. The fraction of sp³-hybridized carbons (Fsp3) is 0.231. The van der Waals surface area contributed by atoms with E-state index in [4.69, 9.17) is 14.5 Å². The van der Waals surface area contributed by atoms with Gasteiger partial charge in [0, 0.05) is 13.0 Å². The number of hydrogen-bond acceptors (Lipinski definition) is 4. The van der Waals surface area contributed by atoms with Crippen LogP contribution in [-0.2, 0) is 24.2 Å². The monoisotopic (exact) mass is 429 g/mol. The van der Waals surface area contributed by atoms with Gasteiger partial charge >= 0.3 is 0 Å². The fourth-order valence-corrected chi connectivity index (χ4v) is 3.65. The molecular weight excluding hydrogens is 402 g/mol. The number of methoxy groups -OCH3 is 1. The summed E-state index contributed by atoms with van der Waals surface area (Å²) in [6.45, 7) is 1.72. The molecule has 6 nitrogen and oxygen atoms in total. The number of aromatic nitrogens is 2. The largest absolute Gasteiger partial charge is 0.497 e. The minimum atomic E-state index is 0.0155. The fourth-order valence-electron chi connectivity index (χ4n) is 3.65. The van der Waals surface area contributed by atoms with Gasteiger partial charge in [0.25, 0.3) is 0 Å². The van der Waals surface area contributed by atoms with Gasteiger partial charge in [0.2, 0.25) is 5.91 Å². The average molecular weight is 430 g/mol. The third-order valence-corrected chi connectivity index (χ3v) is 5.25. The molecule has 0 unspecified atom stereocenters. The second-order valence-electron chi connectivity index (χ2n) is 7.45. The van der Waals surface area contributed by atoms with Crippen LogP contribution in [0.3, 0.4) is 0 Å². The number of para-hydroxylation sites is 2. The van der Waals surface area contributed by atoms with Gasteiger partial charge in [-0.2, -0.15) is 0 Å².